The molecule has 0 saturated carbocycles. The van der Waals surface area contributed by atoms with Crippen molar-refractivity contribution in [2.45, 2.75) is 33.9 Å². The van der Waals surface area contributed by atoms with E-state index in [0.717, 1.165) is 88.2 Å². The second-order valence-corrected chi connectivity index (χ2v) is 17.0. The Bertz CT molecular complexity index is 3460. The number of hydrogen-bond donors (Lipinski definition) is 0. The lowest BCUT2D eigenvalue weighted by Gasteiger charge is -2.22. The number of nitrogens with zero attached hydrogens (tertiary/aromatic N) is 3. The van der Waals surface area contributed by atoms with Gasteiger partial charge in [0.2, 0.25) is 0 Å². The van der Waals surface area contributed by atoms with Gasteiger partial charge in [-0.05, 0) is 122 Å². The normalized spacial score (nSPS) is 12.0. The molecule has 0 atom stereocenters. The van der Waals surface area contributed by atoms with E-state index in [1.807, 2.05) is 94.1 Å². The first-order valence-corrected chi connectivity index (χ1v) is 21.5. The fourth-order valence-corrected chi connectivity index (χ4v) is 9.81. The van der Waals surface area contributed by atoms with Gasteiger partial charge in [0.25, 0.3) is 0 Å². The summed E-state index contributed by atoms with van der Waals surface area (Å²) in [7, 11) is 0. The van der Waals surface area contributed by atoms with Gasteiger partial charge in [0, 0.05) is 32.7 Å². The number of pyridine rings is 1. The van der Waals surface area contributed by atoms with Crippen LogP contribution in [0.25, 0.3) is 99.8 Å². The molecule has 8 aromatic carbocycles. The van der Waals surface area contributed by atoms with Crippen molar-refractivity contribution in [3.63, 3.8) is 0 Å². The molecule has 0 spiro atoms. The summed E-state index contributed by atoms with van der Waals surface area (Å²) in [6, 6.07) is 59.8. The number of para-hydroxylation sites is 2. The zero-order valence-electron chi connectivity index (χ0n) is 35.8. The van der Waals surface area contributed by atoms with E-state index in [0.29, 0.717) is 22.6 Å². The summed E-state index contributed by atoms with van der Waals surface area (Å²) in [6.45, 7) is 8.40. The number of aromatic nitrogens is 3. The second-order valence-electron chi connectivity index (χ2n) is 17.0. The van der Waals surface area contributed by atoms with Gasteiger partial charge in [0.1, 0.15) is 0 Å². The van der Waals surface area contributed by atoms with E-state index in [-0.39, 0.29) is 0 Å². The number of hydrogen-bond acceptors (Lipinski definition) is 1. The fraction of sp³-hybridized carbons (Fsp3) is 0.0862. The van der Waals surface area contributed by atoms with Gasteiger partial charge >= 0.3 is 6.18 Å². The number of benzene rings is 8. The molecular weight excluding hydrogens is 796 g/mol. The molecule has 11 aromatic rings. The van der Waals surface area contributed by atoms with Crippen LogP contribution in [0, 0.1) is 27.7 Å². The third-order valence-electron chi connectivity index (χ3n) is 12.7. The Hall–Kier alpha value is -7.70. The third kappa shape index (κ3) is 6.48. The maximum atomic E-state index is 15.7. The van der Waals surface area contributed by atoms with Crippen molar-refractivity contribution in [2.24, 2.45) is 0 Å². The summed E-state index contributed by atoms with van der Waals surface area (Å²) in [5.74, 6) is 0. The van der Waals surface area contributed by atoms with E-state index in [9.17, 15) is 0 Å². The predicted molar refractivity (Wildman–Crippen MR) is 259 cm³/mol. The second kappa shape index (κ2) is 15.0. The molecule has 0 aliphatic heterocycles. The molecule has 0 saturated heterocycles. The van der Waals surface area contributed by atoms with E-state index in [4.69, 9.17) is 4.98 Å². The highest BCUT2D eigenvalue weighted by Gasteiger charge is 2.35. The first-order valence-electron chi connectivity index (χ1n) is 21.5. The van der Waals surface area contributed by atoms with Crippen LogP contribution in [-0.2, 0) is 6.18 Å². The molecule has 0 bridgehead atoms. The first-order chi connectivity index (χ1) is 31.0. The van der Waals surface area contributed by atoms with Gasteiger partial charge in [-0.3, -0.25) is 0 Å². The molecule has 310 valence electrons. The third-order valence-corrected chi connectivity index (χ3v) is 12.7. The van der Waals surface area contributed by atoms with Gasteiger partial charge in [-0.1, -0.05) is 132 Å². The summed E-state index contributed by atoms with van der Waals surface area (Å²) in [5.41, 5.74) is 14.9. The van der Waals surface area contributed by atoms with E-state index in [1.165, 1.54) is 23.3 Å². The Morgan fingerprint density at radius 1 is 0.391 bits per heavy atom. The lowest BCUT2D eigenvalue weighted by atomic mass is 9.97. The number of rotatable bonds is 6. The lowest BCUT2D eigenvalue weighted by Crippen LogP contribution is -2.11. The van der Waals surface area contributed by atoms with Crippen LogP contribution in [0.15, 0.2) is 182 Å². The van der Waals surface area contributed by atoms with E-state index in [1.54, 1.807) is 0 Å². The molecule has 0 radical (unpaired) electrons. The van der Waals surface area contributed by atoms with Crippen LogP contribution in [0.4, 0.5) is 13.2 Å². The monoisotopic (exact) mass is 837 g/mol. The van der Waals surface area contributed by atoms with Gasteiger partial charge in [-0.15, -0.1) is 0 Å². The zero-order chi connectivity index (χ0) is 43.9. The van der Waals surface area contributed by atoms with Crippen molar-refractivity contribution in [2.75, 3.05) is 0 Å². The summed E-state index contributed by atoms with van der Waals surface area (Å²) in [5, 5.41) is 3.77. The SMILES string of the molecule is Cc1ccc(-c2ccc3c(c2)c2ccccc2n3-c2cc(C(F)(F)F)cc(-n3c4ccccc4c4cc(-c5ccc(C)cc5C)ccc43)c2-c2cccc(-c3ccccc3)n2)c(C)c1. The Morgan fingerprint density at radius 3 is 1.36 bits per heavy atom. The molecule has 0 aliphatic carbocycles. The van der Waals surface area contributed by atoms with Gasteiger partial charge in [-0.2, -0.15) is 13.2 Å². The Labute approximate surface area is 369 Å². The zero-order valence-corrected chi connectivity index (χ0v) is 35.8. The molecule has 3 heterocycles. The first kappa shape index (κ1) is 39.2. The van der Waals surface area contributed by atoms with Gasteiger partial charge in [-0.25, -0.2) is 4.98 Å². The van der Waals surface area contributed by atoms with Crippen molar-refractivity contribution >= 4 is 43.6 Å². The van der Waals surface area contributed by atoms with E-state index < -0.39 is 11.7 Å². The van der Waals surface area contributed by atoms with E-state index >= 15 is 13.2 Å². The maximum absolute atomic E-state index is 15.7. The molecular formula is C58H42F3N3. The Morgan fingerprint density at radius 2 is 0.859 bits per heavy atom. The minimum absolute atomic E-state index is 0.380. The van der Waals surface area contributed by atoms with Crippen molar-refractivity contribution in [3.8, 4) is 56.1 Å². The minimum atomic E-state index is -4.68. The highest BCUT2D eigenvalue weighted by Crippen LogP contribution is 2.46. The van der Waals surface area contributed by atoms with E-state index in [2.05, 4.69) is 113 Å². The smallest absolute Gasteiger partial charge is 0.308 e. The van der Waals surface area contributed by atoms with Gasteiger partial charge in [0.15, 0.2) is 0 Å². The summed E-state index contributed by atoms with van der Waals surface area (Å²) >= 11 is 0. The predicted octanol–water partition coefficient (Wildman–Crippen LogP) is 16.2. The molecule has 3 nitrogen and oxygen atoms in total. The summed E-state index contributed by atoms with van der Waals surface area (Å²) in [4.78, 5) is 5.30. The number of aryl methyl sites for hydroxylation is 4. The van der Waals surface area contributed by atoms with Crippen LogP contribution in [0.3, 0.4) is 0 Å². The molecule has 0 amide bonds. The van der Waals surface area contributed by atoms with Crippen LogP contribution in [0.2, 0.25) is 0 Å². The van der Waals surface area contributed by atoms with Crippen LogP contribution < -0.4 is 0 Å². The van der Waals surface area contributed by atoms with Crippen LogP contribution in [0.1, 0.15) is 27.8 Å². The van der Waals surface area contributed by atoms with Crippen molar-refractivity contribution < 1.29 is 13.2 Å². The number of fused-ring (bicyclic) bond motifs is 6. The average molecular weight is 838 g/mol. The maximum Gasteiger partial charge on any atom is 0.416 e. The van der Waals surface area contributed by atoms with Crippen LogP contribution in [0.5, 0.6) is 0 Å². The Kier molecular flexibility index (Phi) is 9.17. The standard InChI is InChI=1S/C58H42F3N3/c1-35-21-25-43(37(3)29-35)40-23-27-53-47(31-40)45-15-8-10-19-51(45)63(53)55-33-42(58(59,60)61)34-56(57(55)50-18-12-17-49(62-50)39-13-6-5-7-14-39)64-52-20-11-9-16-46(52)48-32-41(24-28-54(48)64)44-26-22-36(2)30-38(44)4/h5-34H,1-4H3. The highest BCUT2D eigenvalue weighted by atomic mass is 19.4. The van der Waals surface area contributed by atoms with Crippen molar-refractivity contribution in [1.82, 2.24) is 14.1 Å². The van der Waals surface area contributed by atoms with Gasteiger partial charge < -0.3 is 9.13 Å². The Balaban J connectivity index is 1.27. The summed E-state index contributed by atoms with van der Waals surface area (Å²) in [6.07, 6.45) is -4.68. The van der Waals surface area contributed by atoms with Crippen molar-refractivity contribution in [3.05, 3.63) is 210 Å². The largest absolute Gasteiger partial charge is 0.416 e. The quantitative estimate of drug-likeness (QED) is 0.164. The highest BCUT2D eigenvalue weighted by molar-refractivity contribution is 6.13. The fourth-order valence-electron chi connectivity index (χ4n) is 9.81. The molecule has 0 fully saturated rings. The number of halogens is 3. The molecule has 6 heteroatoms. The van der Waals surface area contributed by atoms with Crippen LogP contribution >= 0.6 is 0 Å². The molecule has 0 unspecified atom stereocenters. The lowest BCUT2D eigenvalue weighted by molar-refractivity contribution is -0.137. The molecule has 64 heavy (non-hydrogen) atoms. The molecule has 11 rings (SSSR count). The molecule has 3 aromatic heterocycles. The minimum Gasteiger partial charge on any atom is -0.308 e. The summed E-state index contributed by atoms with van der Waals surface area (Å²) < 4.78 is 51.1. The number of alkyl halides is 3. The van der Waals surface area contributed by atoms with Crippen molar-refractivity contribution in [1.29, 1.82) is 0 Å². The van der Waals surface area contributed by atoms with Gasteiger partial charge in [0.05, 0.1) is 50.4 Å². The van der Waals surface area contributed by atoms with Crippen LogP contribution in [-0.4, -0.2) is 14.1 Å². The topological polar surface area (TPSA) is 22.8 Å². The molecule has 0 aliphatic rings. The average Bonchev–Trinajstić information content (AvgIpc) is 3.81. The molecule has 0 N–H and O–H groups in total.